The molecule has 2 atom stereocenters. The van der Waals surface area contributed by atoms with Crippen molar-refractivity contribution in [2.45, 2.75) is 12.5 Å². The molecule has 212 valence electrons. The summed E-state index contributed by atoms with van der Waals surface area (Å²) < 4.78 is 16.6. The first-order chi connectivity index (χ1) is 19.3. The van der Waals surface area contributed by atoms with Crippen molar-refractivity contribution in [1.82, 2.24) is 19.9 Å². The molecule has 0 radical (unpaired) electrons. The minimum atomic E-state index is -0.0997. The normalized spacial score (nSPS) is 19.3. The van der Waals surface area contributed by atoms with Crippen LogP contribution in [0.5, 0.6) is 11.5 Å². The number of methoxy groups -OCH3 is 2. The Morgan fingerprint density at radius 1 is 1.18 bits per heavy atom. The summed E-state index contributed by atoms with van der Waals surface area (Å²) in [6, 6.07) is 3.39. The molecule has 0 aliphatic carbocycles. The number of hydrogen-bond acceptors (Lipinski definition) is 10. The summed E-state index contributed by atoms with van der Waals surface area (Å²) >= 11 is 13.4. The predicted molar refractivity (Wildman–Crippen MR) is 157 cm³/mol. The fourth-order valence-corrected chi connectivity index (χ4v) is 5.83. The molecule has 2 fully saturated rings. The molecule has 2 N–H and O–H groups in total. The molecule has 5 rings (SSSR count). The first-order valence-electron chi connectivity index (χ1n) is 13.0. The molecule has 4 heterocycles. The highest BCUT2D eigenvalue weighted by Crippen LogP contribution is 2.46. The molecule has 0 saturated carbocycles. The summed E-state index contributed by atoms with van der Waals surface area (Å²) in [7, 11) is 5.16. The summed E-state index contributed by atoms with van der Waals surface area (Å²) in [4.78, 5) is 28.5. The van der Waals surface area contributed by atoms with Crippen LogP contribution in [-0.2, 0) is 9.53 Å². The molecule has 2 aromatic heterocycles. The molecule has 0 spiro atoms. The van der Waals surface area contributed by atoms with Gasteiger partial charge in [-0.25, -0.2) is 15.0 Å². The fourth-order valence-electron chi connectivity index (χ4n) is 5.14. The van der Waals surface area contributed by atoms with Gasteiger partial charge in [-0.05, 0) is 19.2 Å². The van der Waals surface area contributed by atoms with Crippen LogP contribution in [0, 0.1) is 11.8 Å². The molecule has 3 aromatic rings. The fraction of sp³-hybridized carbons (Fsp3) is 0.429. The number of likely N-dealkylation sites (tertiary alicyclic amines) is 1. The molecule has 10 nitrogen and oxygen atoms in total. The van der Waals surface area contributed by atoms with E-state index in [1.807, 2.05) is 6.07 Å². The molecule has 2 aliphatic rings. The Kier molecular flexibility index (Phi) is 8.60. The molecular weight excluding hydrogens is 555 g/mol. The van der Waals surface area contributed by atoms with E-state index in [1.165, 1.54) is 20.3 Å². The number of ether oxygens (including phenoxy) is 3. The van der Waals surface area contributed by atoms with E-state index in [0.717, 1.165) is 25.0 Å². The summed E-state index contributed by atoms with van der Waals surface area (Å²) in [5.41, 5.74) is 1.67. The van der Waals surface area contributed by atoms with E-state index >= 15 is 0 Å². The number of anilines is 2. The van der Waals surface area contributed by atoms with Crippen molar-refractivity contribution < 1.29 is 19.0 Å². The summed E-state index contributed by atoms with van der Waals surface area (Å²) in [5, 5.41) is 8.25. The third-order valence-electron chi connectivity index (χ3n) is 7.30. The maximum atomic E-state index is 12.0. The standard InChI is InChI=1S/C28H32Cl2N6O4/c1-5-18(37)6-17-13-40-14-20(17)34-28-32-10-16-7-19(23-24(29)21(38-3)8-22(39-4)25(23)30)33-27(26(16)35-28)31-9-15-11-36(2)12-15/h5,7-8,10,15,17,20H,1,6,9,11-14H2,2-4H3,(H,31,33)(H,32,34,35)/t17-,20+/m0/s1. The van der Waals surface area contributed by atoms with Gasteiger partial charge < -0.3 is 29.7 Å². The Hall–Kier alpha value is -3.18. The van der Waals surface area contributed by atoms with Crippen LogP contribution in [0.15, 0.2) is 31.0 Å². The van der Waals surface area contributed by atoms with Gasteiger partial charge >= 0.3 is 0 Å². The van der Waals surface area contributed by atoms with E-state index < -0.39 is 0 Å². The Bertz CT molecular complexity index is 1400. The second-order valence-electron chi connectivity index (χ2n) is 10.2. The zero-order valence-corrected chi connectivity index (χ0v) is 24.2. The van der Waals surface area contributed by atoms with Crippen molar-refractivity contribution >= 4 is 51.7 Å². The summed E-state index contributed by atoms with van der Waals surface area (Å²) in [6.45, 7) is 7.26. The van der Waals surface area contributed by atoms with Gasteiger partial charge in [0.2, 0.25) is 5.95 Å². The van der Waals surface area contributed by atoms with Gasteiger partial charge in [0, 0.05) is 61.1 Å². The van der Waals surface area contributed by atoms with Crippen molar-refractivity contribution in [1.29, 1.82) is 0 Å². The van der Waals surface area contributed by atoms with Crippen LogP contribution >= 0.6 is 23.2 Å². The van der Waals surface area contributed by atoms with Gasteiger partial charge in [0.15, 0.2) is 11.6 Å². The zero-order valence-electron chi connectivity index (χ0n) is 22.7. The second-order valence-corrected chi connectivity index (χ2v) is 10.9. The van der Waals surface area contributed by atoms with Gasteiger partial charge in [-0.1, -0.05) is 29.8 Å². The first-order valence-corrected chi connectivity index (χ1v) is 13.8. The zero-order chi connectivity index (χ0) is 28.4. The molecule has 2 saturated heterocycles. The molecule has 0 unspecified atom stereocenters. The quantitative estimate of drug-likeness (QED) is 0.310. The van der Waals surface area contributed by atoms with Crippen LogP contribution in [0.4, 0.5) is 11.8 Å². The van der Waals surface area contributed by atoms with E-state index in [9.17, 15) is 4.79 Å². The predicted octanol–water partition coefficient (Wildman–Crippen LogP) is 4.56. The number of nitrogens with one attached hydrogen (secondary N) is 2. The number of allylic oxidation sites excluding steroid dienone is 1. The van der Waals surface area contributed by atoms with E-state index in [1.54, 1.807) is 12.3 Å². The molecule has 40 heavy (non-hydrogen) atoms. The average Bonchev–Trinajstić information content (AvgIpc) is 3.36. The Morgan fingerprint density at radius 2 is 1.90 bits per heavy atom. The maximum absolute atomic E-state index is 12.0. The lowest BCUT2D eigenvalue weighted by Crippen LogP contribution is -2.46. The number of rotatable bonds is 11. The van der Waals surface area contributed by atoms with Crippen molar-refractivity contribution in [2.24, 2.45) is 11.8 Å². The number of carbonyl (C=O) groups excluding carboxylic acids is 1. The highest BCUT2D eigenvalue weighted by Gasteiger charge is 2.30. The van der Waals surface area contributed by atoms with Crippen LogP contribution in [0.1, 0.15) is 6.42 Å². The number of nitrogens with zero attached hydrogens (tertiary/aromatic N) is 4. The van der Waals surface area contributed by atoms with E-state index in [-0.39, 0.29) is 17.7 Å². The van der Waals surface area contributed by atoms with Crippen LogP contribution in [0.2, 0.25) is 10.0 Å². The summed E-state index contributed by atoms with van der Waals surface area (Å²) in [5.74, 6) is 2.34. The van der Waals surface area contributed by atoms with E-state index in [4.69, 9.17) is 47.4 Å². The van der Waals surface area contributed by atoms with Gasteiger partial charge in [-0.15, -0.1) is 0 Å². The topological polar surface area (TPSA) is 111 Å². The number of aromatic nitrogens is 3. The van der Waals surface area contributed by atoms with Crippen molar-refractivity contribution in [3.8, 4) is 22.8 Å². The summed E-state index contributed by atoms with van der Waals surface area (Å²) in [6.07, 6.45) is 3.43. The van der Waals surface area contributed by atoms with Gasteiger partial charge in [0.1, 0.15) is 17.0 Å². The average molecular weight is 588 g/mol. The highest BCUT2D eigenvalue weighted by molar-refractivity contribution is 6.41. The largest absolute Gasteiger partial charge is 0.495 e. The number of pyridine rings is 1. The SMILES string of the molecule is C=CC(=O)C[C@H]1COC[C@H]1Nc1ncc2cc(-c3c(Cl)c(OC)cc(OC)c3Cl)nc(NCC3CN(C)C3)c2n1. The van der Waals surface area contributed by atoms with Crippen molar-refractivity contribution in [3.05, 3.63) is 41.0 Å². The van der Waals surface area contributed by atoms with E-state index in [0.29, 0.717) is 75.6 Å². The van der Waals surface area contributed by atoms with Crippen molar-refractivity contribution in [3.63, 3.8) is 0 Å². The van der Waals surface area contributed by atoms with Crippen LogP contribution in [0.3, 0.4) is 0 Å². The highest BCUT2D eigenvalue weighted by atomic mass is 35.5. The Morgan fingerprint density at radius 3 is 2.55 bits per heavy atom. The lowest BCUT2D eigenvalue weighted by molar-refractivity contribution is -0.115. The van der Waals surface area contributed by atoms with Crippen LogP contribution in [-0.4, -0.2) is 85.8 Å². The molecule has 1 aromatic carbocycles. The molecule has 2 aliphatic heterocycles. The molecule has 12 heteroatoms. The van der Waals surface area contributed by atoms with Crippen LogP contribution in [0.25, 0.3) is 22.2 Å². The second kappa shape index (κ2) is 12.1. The number of benzene rings is 1. The minimum Gasteiger partial charge on any atom is -0.495 e. The first kappa shape index (κ1) is 28.4. The Labute approximate surface area is 243 Å². The van der Waals surface area contributed by atoms with Gasteiger partial charge in [0.25, 0.3) is 0 Å². The molecular formula is C28H32Cl2N6O4. The number of halogens is 2. The molecule has 0 bridgehead atoms. The van der Waals surface area contributed by atoms with Gasteiger partial charge in [-0.3, -0.25) is 4.79 Å². The monoisotopic (exact) mass is 586 g/mol. The maximum Gasteiger partial charge on any atom is 0.223 e. The van der Waals surface area contributed by atoms with Crippen LogP contribution < -0.4 is 20.1 Å². The lowest BCUT2D eigenvalue weighted by atomic mass is 9.97. The number of fused-ring (bicyclic) bond motifs is 1. The molecule has 0 amide bonds. The Balaban J connectivity index is 1.53. The number of hydrogen-bond donors (Lipinski definition) is 2. The smallest absolute Gasteiger partial charge is 0.223 e. The third kappa shape index (κ3) is 5.81. The van der Waals surface area contributed by atoms with Crippen molar-refractivity contribution in [2.75, 3.05) is 64.7 Å². The third-order valence-corrected chi connectivity index (χ3v) is 8.05. The van der Waals surface area contributed by atoms with Gasteiger partial charge in [0.05, 0.1) is 49.2 Å². The van der Waals surface area contributed by atoms with Gasteiger partial charge in [-0.2, -0.15) is 0 Å². The number of carbonyl (C=O) groups is 1. The lowest BCUT2D eigenvalue weighted by Gasteiger charge is -2.36. The minimum absolute atomic E-state index is 0.00539. The number of ketones is 1. The van der Waals surface area contributed by atoms with E-state index in [2.05, 4.69) is 34.1 Å².